The molecular formula is C15H27N3O5S. The molecular weight excluding hydrogens is 334 g/mol. The van der Waals surface area contributed by atoms with E-state index in [1.54, 1.807) is 4.90 Å². The Balaban J connectivity index is 1.85. The van der Waals surface area contributed by atoms with E-state index in [4.69, 9.17) is 4.74 Å². The number of nitrogens with zero attached hydrogens (tertiary/aromatic N) is 3. The van der Waals surface area contributed by atoms with Crippen LogP contribution < -0.4 is 0 Å². The Bertz CT molecular complexity index is 562. The average molecular weight is 361 g/mol. The van der Waals surface area contributed by atoms with Gasteiger partial charge in [-0.25, -0.2) is 0 Å². The minimum atomic E-state index is -3.40. The van der Waals surface area contributed by atoms with Crippen molar-refractivity contribution in [3.63, 3.8) is 0 Å². The quantitative estimate of drug-likeness (QED) is 0.654. The van der Waals surface area contributed by atoms with Gasteiger partial charge in [0.1, 0.15) is 0 Å². The fourth-order valence-corrected chi connectivity index (χ4v) is 4.46. The Morgan fingerprint density at radius 2 is 1.46 bits per heavy atom. The van der Waals surface area contributed by atoms with Gasteiger partial charge in [-0.2, -0.15) is 17.0 Å². The highest BCUT2D eigenvalue weighted by Crippen LogP contribution is 2.25. The van der Waals surface area contributed by atoms with Gasteiger partial charge >= 0.3 is 5.97 Å². The normalized spacial score (nSPS) is 21.9. The Morgan fingerprint density at radius 3 is 1.92 bits per heavy atom. The lowest BCUT2D eigenvalue weighted by atomic mass is 9.92. The monoisotopic (exact) mass is 361 g/mol. The van der Waals surface area contributed by atoms with Gasteiger partial charge in [-0.15, -0.1) is 0 Å². The van der Waals surface area contributed by atoms with E-state index in [0.717, 1.165) is 0 Å². The van der Waals surface area contributed by atoms with Crippen molar-refractivity contribution in [2.24, 2.45) is 11.8 Å². The number of esters is 1. The van der Waals surface area contributed by atoms with E-state index in [-0.39, 0.29) is 23.7 Å². The standard InChI is InChI=1S/C15H27N3O5S/c1-16(2)24(21,22)18-10-6-12(7-11-18)14(19)17-8-4-13(5-9-17)15(20)23-3/h12-13H,4-11H2,1-3H3. The molecule has 0 aliphatic carbocycles. The molecule has 0 saturated carbocycles. The first kappa shape index (κ1) is 19.1. The highest BCUT2D eigenvalue weighted by atomic mass is 32.2. The maximum absolute atomic E-state index is 12.6. The van der Waals surface area contributed by atoms with E-state index in [0.29, 0.717) is 51.9 Å². The van der Waals surface area contributed by atoms with E-state index in [2.05, 4.69) is 0 Å². The van der Waals surface area contributed by atoms with Crippen molar-refractivity contribution in [2.75, 3.05) is 47.4 Å². The van der Waals surface area contributed by atoms with Gasteiger partial charge in [0.2, 0.25) is 5.91 Å². The van der Waals surface area contributed by atoms with Crippen LogP contribution in [0.3, 0.4) is 0 Å². The third-order valence-corrected chi connectivity index (χ3v) is 6.87. The van der Waals surface area contributed by atoms with Gasteiger partial charge in [-0.05, 0) is 25.7 Å². The second kappa shape index (κ2) is 7.79. The number of hydrogen-bond acceptors (Lipinski definition) is 5. The molecule has 1 amide bonds. The van der Waals surface area contributed by atoms with Crippen LogP contribution in [0.2, 0.25) is 0 Å². The van der Waals surface area contributed by atoms with Crippen LogP contribution in [-0.2, 0) is 24.5 Å². The lowest BCUT2D eigenvalue weighted by Gasteiger charge is -2.36. The molecule has 0 unspecified atom stereocenters. The zero-order valence-corrected chi connectivity index (χ0v) is 15.4. The van der Waals surface area contributed by atoms with Crippen LogP contribution in [0.4, 0.5) is 0 Å². The maximum Gasteiger partial charge on any atom is 0.308 e. The lowest BCUT2D eigenvalue weighted by molar-refractivity contribution is -0.149. The molecule has 0 bridgehead atoms. The summed E-state index contributed by atoms with van der Waals surface area (Å²) in [6.45, 7) is 1.87. The summed E-state index contributed by atoms with van der Waals surface area (Å²) in [4.78, 5) is 26.0. The SMILES string of the molecule is COC(=O)C1CCN(C(=O)C2CCN(S(=O)(=O)N(C)C)CC2)CC1. The Kier molecular flexibility index (Phi) is 6.22. The van der Waals surface area contributed by atoms with Gasteiger partial charge in [0, 0.05) is 46.2 Å². The van der Waals surface area contributed by atoms with Crippen LogP contribution in [0, 0.1) is 11.8 Å². The number of likely N-dealkylation sites (tertiary alicyclic amines) is 1. The molecule has 9 heteroatoms. The van der Waals surface area contributed by atoms with Crippen LogP contribution in [0.5, 0.6) is 0 Å². The van der Waals surface area contributed by atoms with Crippen molar-refractivity contribution in [1.29, 1.82) is 0 Å². The van der Waals surface area contributed by atoms with Gasteiger partial charge < -0.3 is 9.64 Å². The lowest BCUT2D eigenvalue weighted by Crippen LogP contribution is -2.49. The molecule has 2 rings (SSSR count). The number of ether oxygens (including phenoxy) is 1. The van der Waals surface area contributed by atoms with Crippen LogP contribution in [0.1, 0.15) is 25.7 Å². The summed E-state index contributed by atoms with van der Waals surface area (Å²) in [5.74, 6) is -0.371. The minimum absolute atomic E-state index is 0.0835. The molecule has 8 nitrogen and oxygen atoms in total. The predicted molar refractivity (Wildman–Crippen MR) is 88.2 cm³/mol. The molecule has 24 heavy (non-hydrogen) atoms. The molecule has 2 fully saturated rings. The van der Waals surface area contributed by atoms with E-state index >= 15 is 0 Å². The van der Waals surface area contributed by atoms with Crippen LogP contribution in [0.15, 0.2) is 0 Å². The number of rotatable bonds is 4. The summed E-state index contributed by atoms with van der Waals surface area (Å²) in [5, 5.41) is 0. The van der Waals surface area contributed by atoms with Crippen molar-refractivity contribution in [1.82, 2.24) is 13.5 Å². The number of piperidine rings is 2. The molecule has 0 atom stereocenters. The van der Waals surface area contributed by atoms with Gasteiger partial charge in [-0.1, -0.05) is 0 Å². The molecule has 0 spiro atoms. The molecule has 138 valence electrons. The maximum atomic E-state index is 12.6. The summed E-state index contributed by atoms with van der Waals surface area (Å²) in [6, 6.07) is 0. The van der Waals surface area contributed by atoms with Crippen molar-refractivity contribution in [3.05, 3.63) is 0 Å². The second-order valence-corrected chi connectivity index (χ2v) is 8.73. The molecule has 0 N–H and O–H groups in total. The van der Waals surface area contributed by atoms with Crippen molar-refractivity contribution >= 4 is 22.1 Å². The highest BCUT2D eigenvalue weighted by Gasteiger charge is 2.35. The van der Waals surface area contributed by atoms with Crippen molar-refractivity contribution in [2.45, 2.75) is 25.7 Å². The summed E-state index contributed by atoms with van der Waals surface area (Å²) in [5.41, 5.74) is 0. The molecule has 2 heterocycles. The van der Waals surface area contributed by atoms with Crippen LogP contribution in [-0.4, -0.2) is 81.2 Å². The number of amides is 1. The fourth-order valence-electron chi connectivity index (χ4n) is 3.32. The van der Waals surface area contributed by atoms with Gasteiger partial charge in [-0.3, -0.25) is 9.59 Å². The van der Waals surface area contributed by atoms with E-state index in [1.807, 2.05) is 0 Å². The fraction of sp³-hybridized carbons (Fsp3) is 0.867. The average Bonchev–Trinajstić information content (AvgIpc) is 2.60. The smallest absolute Gasteiger partial charge is 0.308 e. The van der Waals surface area contributed by atoms with Gasteiger partial charge in [0.05, 0.1) is 13.0 Å². The first-order valence-electron chi connectivity index (χ1n) is 8.31. The largest absolute Gasteiger partial charge is 0.469 e. The zero-order valence-electron chi connectivity index (χ0n) is 14.6. The highest BCUT2D eigenvalue weighted by molar-refractivity contribution is 7.86. The number of hydrogen-bond donors (Lipinski definition) is 0. The molecule has 0 aromatic carbocycles. The van der Waals surface area contributed by atoms with Gasteiger partial charge in [0.15, 0.2) is 0 Å². The number of methoxy groups -OCH3 is 1. The Morgan fingerprint density at radius 1 is 0.958 bits per heavy atom. The second-order valence-electron chi connectivity index (χ2n) is 6.59. The van der Waals surface area contributed by atoms with Crippen LogP contribution in [0.25, 0.3) is 0 Å². The Hall–Kier alpha value is -1.19. The third-order valence-electron chi connectivity index (χ3n) is 4.93. The number of carbonyl (C=O) groups is 2. The van der Waals surface area contributed by atoms with E-state index < -0.39 is 10.2 Å². The summed E-state index contributed by atoms with van der Waals surface area (Å²) >= 11 is 0. The summed E-state index contributed by atoms with van der Waals surface area (Å²) < 4.78 is 31.6. The molecule has 2 saturated heterocycles. The number of carbonyl (C=O) groups excluding carboxylic acids is 2. The molecule has 0 radical (unpaired) electrons. The third kappa shape index (κ3) is 4.07. The van der Waals surface area contributed by atoms with Crippen LogP contribution >= 0.6 is 0 Å². The van der Waals surface area contributed by atoms with Crippen molar-refractivity contribution < 1.29 is 22.7 Å². The van der Waals surface area contributed by atoms with E-state index in [9.17, 15) is 18.0 Å². The molecule has 0 aromatic heterocycles. The minimum Gasteiger partial charge on any atom is -0.469 e. The van der Waals surface area contributed by atoms with E-state index in [1.165, 1.54) is 29.8 Å². The first-order chi connectivity index (χ1) is 11.3. The van der Waals surface area contributed by atoms with Crippen molar-refractivity contribution in [3.8, 4) is 0 Å². The zero-order chi connectivity index (χ0) is 17.9. The molecule has 0 aromatic rings. The molecule has 2 aliphatic heterocycles. The summed E-state index contributed by atoms with van der Waals surface area (Å²) in [7, 11) is 1.00. The first-order valence-corrected chi connectivity index (χ1v) is 9.71. The topological polar surface area (TPSA) is 87.2 Å². The van der Waals surface area contributed by atoms with Gasteiger partial charge in [0.25, 0.3) is 10.2 Å². The summed E-state index contributed by atoms with van der Waals surface area (Å²) in [6.07, 6.45) is 2.35. The molecule has 2 aliphatic rings. The Labute approximate surface area is 143 Å². The predicted octanol–water partition coefficient (Wildman–Crippen LogP) is -0.0836.